The van der Waals surface area contributed by atoms with Gasteiger partial charge in [-0.25, -0.2) is 9.18 Å². The largest absolute Gasteiger partial charge is 0.478 e. The van der Waals surface area contributed by atoms with E-state index in [1.54, 1.807) is 37.5 Å². The number of hydrogen-bond donors (Lipinski definition) is 1. The third-order valence-electron chi connectivity index (χ3n) is 5.25. The van der Waals surface area contributed by atoms with Crippen LogP contribution < -0.4 is 4.90 Å². The average molecular weight is 394 g/mol. The van der Waals surface area contributed by atoms with Gasteiger partial charge in [-0.2, -0.15) is 0 Å². The first kappa shape index (κ1) is 18.8. The van der Waals surface area contributed by atoms with Crippen LogP contribution in [-0.2, 0) is 7.05 Å². The number of aromatic carboxylic acids is 1. The summed E-state index contributed by atoms with van der Waals surface area (Å²) in [7, 11) is 1.70. The zero-order valence-corrected chi connectivity index (χ0v) is 15.9. The second-order valence-electron chi connectivity index (χ2n) is 6.95. The first-order chi connectivity index (χ1) is 13.9. The first-order valence-corrected chi connectivity index (χ1v) is 9.21. The van der Waals surface area contributed by atoms with E-state index in [4.69, 9.17) is 0 Å². The molecule has 0 saturated heterocycles. The summed E-state index contributed by atoms with van der Waals surface area (Å²) >= 11 is 0. The number of carboxylic acid groups (broad SMARTS) is 1. The molecule has 0 fully saturated rings. The molecule has 29 heavy (non-hydrogen) atoms. The van der Waals surface area contributed by atoms with Crippen molar-refractivity contribution in [2.75, 3.05) is 11.4 Å². The van der Waals surface area contributed by atoms with E-state index in [9.17, 15) is 19.1 Å². The van der Waals surface area contributed by atoms with E-state index in [1.807, 2.05) is 11.8 Å². The molecule has 0 aliphatic carbocycles. The molecule has 2 heterocycles. The standard InChI is InChI=1S/C21H19FN4O3/c1-3-26-16-6-4-5-14(21(28)29)17(16)20(27)18(15-11-25(2)24-23-15)19(26)12-7-9-13(22)10-8-12/h4-11,18-19H,3H2,1-2H3,(H,28,29). The van der Waals surface area contributed by atoms with Crippen LogP contribution in [0.25, 0.3) is 0 Å². The molecule has 7 nitrogen and oxygen atoms in total. The van der Waals surface area contributed by atoms with Gasteiger partial charge in [0.1, 0.15) is 5.82 Å². The van der Waals surface area contributed by atoms with Gasteiger partial charge < -0.3 is 10.0 Å². The molecule has 0 amide bonds. The number of carbonyl (C=O) groups is 2. The van der Waals surface area contributed by atoms with Crippen LogP contribution in [0.3, 0.4) is 0 Å². The van der Waals surface area contributed by atoms with Crippen molar-refractivity contribution >= 4 is 17.4 Å². The lowest BCUT2D eigenvalue weighted by atomic mass is 9.78. The summed E-state index contributed by atoms with van der Waals surface area (Å²) in [6, 6.07) is 10.3. The molecular formula is C21H19FN4O3. The normalized spacial score (nSPS) is 18.6. The molecule has 1 N–H and O–H groups in total. The summed E-state index contributed by atoms with van der Waals surface area (Å²) in [5.74, 6) is -2.65. The van der Waals surface area contributed by atoms with Gasteiger partial charge in [0, 0.05) is 25.5 Å². The summed E-state index contributed by atoms with van der Waals surface area (Å²) in [5.41, 5.74) is 1.85. The minimum atomic E-state index is -1.16. The molecule has 4 rings (SSSR count). The van der Waals surface area contributed by atoms with E-state index in [0.717, 1.165) is 5.56 Å². The fourth-order valence-electron chi connectivity index (χ4n) is 4.05. The molecule has 1 aliphatic heterocycles. The predicted molar refractivity (Wildman–Crippen MR) is 104 cm³/mol. The van der Waals surface area contributed by atoms with Gasteiger partial charge in [0.25, 0.3) is 0 Å². The quantitative estimate of drug-likeness (QED) is 0.731. The lowest BCUT2D eigenvalue weighted by molar-refractivity contribution is 0.0690. The lowest BCUT2D eigenvalue weighted by Gasteiger charge is -2.42. The molecule has 3 aromatic rings. The number of carbonyl (C=O) groups excluding carboxylic acids is 1. The van der Waals surface area contributed by atoms with E-state index in [-0.39, 0.29) is 22.7 Å². The SMILES string of the molecule is CCN1c2cccc(C(=O)O)c2C(=O)C(c2cn(C)nn2)C1c1ccc(F)cc1. The van der Waals surface area contributed by atoms with Gasteiger partial charge in [-0.1, -0.05) is 23.4 Å². The summed E-state index contributed by atoms with van der Waals surface area (Å²) in [6.45, 7) is 2.44. The fraction of sp³-hybridized carbons (Fsp3) is 0.238. The molecule has 8 heteroatoms. The zero-order valence-electron chi connectivity index (χ0n) is 15.9. The minimum Gasteiger partial charge on any atom is -0.478 e. The number of Topliss-reactive ketones (excluding diaryl/α,β-unsaturated/α-hetero) is 1. The van der Waals surface area contributed by atoms with Gasteiger partial charge in [0.2, 0.25) is 0 Å². The second kappa shape index (κ2) is 7.12. The van der Waals surface area contributed by atoms with E-state index in [2.05, 4.69) is 10.3 Å². The highest BCUT2D eigenvalue weighted by molar-refractivity contribution is 6.14. The van der Waals surface area contributed by atoms with Gasteiger partial charge in [0.15, 0.2) is 5.78 Å². The Morgan fingerprint density at radius 3 is 2.52 bits per heavy atom. The van der Waals surface area contributed by atoms with Crippen LogP contribution in [0.15, 0.2) is 48.7 Å². The van der Waals surface area contributed by atoms with E-state index < -0.39 is 17.9 Å². The number of benzene rings is 2. The average Bonchev–Trinajstić information content (AvgIpc) is 3.13. The number of likely N-dealkylation sites (N-methyl/N-ethyl adjacent to an activating group) is 1. The Bertz CT molecular complexity index is 1090. The first-order valence-electron chi connectivity index (χ1n) is 9.21. The van der Waals surface area contributed by atoms with Gasteiger partial charge in [0.05, 0.1) is 28.8 Å². The second-order valence-corrected chi connectivity index (χ2v) is 6.95. The topological polar surface area (TPSA) is 88.3 Å². The highest BCUT2D eigenvalue weighted by atomic mass is 19.1. The van der Waals surface area contributed by atoms with Crippen molar-refractivity contribution in [3.05, 3.63) is 76.9 Å². The minimum absolute atomic E-state index is 0.0441. The number of aromatic nitrogens is 3. The monoisotopic (exact) mass is 394 g/mol. The molecule has 0 spiro atoms. The number of ketones is 1. The number of aryl methyl sites for hydroxylation is 1. The summed E-state index contributed by atoms with van der Waals surface area (Å²) < 4.78 is 15.0. The van der Waals surface area contributed by atoms with Crippen molar-refractivity contribution in [2.24, 2.45) is 7.05 Å². The van der Waals surface area contributed by atoms with Crippen molar-refractivity contribution < 1.29 is 19.1 Å². The predicted octanol–water partition coefficient (Wildman–Crippen LogP) is 3.20. The Morgan fingerprint density at radius 2 is 1.93 bits per heavy atom. The molecule has 2 atom stereocenters. The van der Waals surface area contributed by atoms with Crippen molar-refractivity contribution in [3.8, 4) is 0 Å². The van der Waals surface area contributed by atoms with Gasteiger partial charge >= 0.3 is 5.97 Å². The lowest BCUT2D eigenvalue weighted by Crippen LogP contribution is -2.42. The Balaban J connectivity index is 1.99. The third kappa shape index (κ3) is 3.06. The van der Waals surface area contributed by atoms with E-state index >= 15 is 0 Å². The van der Waals surface area contributed by atoms with Crippen LogP contribution in [0.4, 0.5) is 10.1 Å². The molecule has 148 valence electrons. The van der Waals surface area contributed by atoms with Gasteiger partial charge in [-0.05, 0) is 36.8 Å². The Hall–Kier alpha value is -3.55. The van der Waals surface area contributed by atoms with Crippen molar-refractivity contribution in [1.82, 2.24) is 15.0 Å². The number of anilines is 1. The maximum atomic E-state index is 13.6. The number of rotatable bonds is 4. The smallest absolute Gasteiger partial charge is 0.336 e. The van der Waals surface area contributed by atoms with Crippen LogP contribution in [0.2, 0.25) is 0 Å². The fourth-order valence-corrected chi connectivity index (χ4v) is 4.05. The third-order valence-corrected chi connectivity index (χ3v) is 5.25. The van der Waals surface area contributed by atoms with Crippen LogP contribution in [0.5, 0.6) is 0 Å². The van der Waals surface area contributed by atoms with Crippen LogP contribution in [0.1, 0.15) is 50.9 Å². The highest BCUT2D eigenvalue weighted by Crippen LogP contribution is 2.47. The van der Waals surface area contributed by atoms with Gasteiger partial charge in [-0.15, -0.1) is 5.10 Å². The number of carboxylic acids is 1. The molecular weight excluding hydrogens is 375 g/mol. The molecule has 2 unspecified atom stereocenters. The van der Waals surface area contributed by atoms with Gasteiger partial charge in [-0.3, -0.25) is 9.48 Å². The van der Waals surface area contributed by atoms with E-state index in [1.165, 1.54) is 22.9 Å². The maximum absolute atomic E-state index is 13.6. The maximum Gasteiger partial charge on any atom is 0.336 e. The molecule has 0 radical (unpaired) electrons. The van der Waals surface area contributed by atoms with Crippen LogP contribution >= 0.6 is 0 Å². The molecule has 1 aliphatic rings. The van der Waals surface area contributed by atoms with Crippen molar-refractivity contribution in [2.45, 2.75) is 18.9 Å². The highest BCUT2D eigenvalue weighted by Gasteiger charge is 2.44. The number of fused-ring (bicyclic) bond motifs is 1. The number of halogens is 1. The Morgan fingerprint density at radius 1 is 1.21 bits per heavy atom. The van der Waals surface area contributed by atoms with E-state index in [0.29, 0.717) is 17.9 Å². The Kier molecular flexibility index (Phi) is 4.62. The summed E-state index contributed by atoms with van der Waals surface area (Å²) in [5, 5.41) is 17.7. The van der Waals surface area contributed by atoms with Crippen molar-refractivity contribution in [1.29, 1.82) is 0 Å². The Labute approximate surface area is 166 Å². The van der Waals surface area contributed by atoms with Crippen LogP contribution in [0, 0.1) is 5.82 Å². The van der Waals surface area contributed by atoms with Crippen LogP contribution in [-0.4, -0.2) is 38.4 Å². The number of nitrogens with zero attached hydrogens (tertiary/aromatic N) is 4. The van der Waals surface area contributed by atoms with Crippen molar-refractivity contribution in [3.63, 3.8) is 0 Å². The zero-order chi connectivity index (χ0) is 20.7. The summed E-state index contributed by atoms with van der Waals surface area (Å²) in [4.78, 5) is 27.4. The molecule has 0 saturated carbocycles. The molecule has 0 bridgehead atoms. The molecule has 2 aromatic carbocycles. The number of hydrogen-bond acceptors (Lipinski definition) is 5. The summed E-state index contributed by atoms with van der Waals surface area (Å²) in [6.07, 6.45) is 1.65. The molecule has 1 aromatic heterocycles.